The second-order valence-corrected chi connectivity index (χ2v) is 5.56. The minimum absolute atomic E-state index is 0.0754. The number of carbonyl (C=O) groups excluding carboxylic acids is 2. The molecule has 0 spiro atoms. The molecule has 3 rings (SSSR count). The summed E-state index contributed by atoms with van der Waals surface area (Å²) in [6, 6.07) is 14.8. The molecule has 0 aliphatic rings. The average Bonchev–Trinajstić information content (AvgIpc) is 2.98. The van der Waals surface area contributed by atoms with Crippen molar-refractivity contribution < 1.29 is 14.1 Å². The highest BCUT2D eigenvalue weighted by Gasteiger charge is 2.17. The van der Waals surface area contributed by atoms with Crippen LogP contribution in [-0.4, -0.2) is 35.5 Å². The molecule has 2 amide bonds. The monoisotopic (exact) mass is 323 g/mol. The summed E-state index contributed by atoms with van der Waals surface area (Å²) in [6.45, 7) is 1.66. The zero-order valence-electron chi connectivity index (χ0n) is 13.4. The fourth-order valence-electron chi connectivity index (χ4n) is 2.51. The molecule has 1 N–H and O–H groups in total. The van der Waals surface area contributed by atoms with Crippen molar-refractivity contribution in [2.75, 3.05) is 18.9 Å². The molecule has 122 valence electrons. The number of likely N-dealkylation sites (N-methyl/N-ethyl adjacent to an activating group) is 1. The van der Waals surface area contributed by atoms with Gasteiger partial charge in [0.05, 0.1) is 6.54 Å². The first-order valence-electron chi connectivity index (χ1n) is 7.51. The van der Waals surface area contributed by atoms with E-state index in [1.807, 2.05) is 36.4 Å². The molecule has 6 nitrogen and oxygen atoms in total. The van der Waals surface area contributed by atoms with Crippen molar-refractivity contribution in [2.45, 2.75) is 6.92 Å². The first kappa shape index (κ1) is 15.7. The van der Waals surface area contributed by atoms with Gasteiger partial charge in [-0.05, 0) is 23.8 Å². The van der Waals surface area contributed by atoms with Gasteiger partial charge >= 0.3 is 0 Å². The number of carbonyl (C=O) groups is 2. The van der Waals surface area contributed by atoms with Crippen LogP contribution in [-0.2, 0) is 4.79 Å². The molecule has 0 unspecified atom stereocenters. The SMILES string of the molecule is Cc1cc(NC(=O)CN(C)C(=O)c2cccc3ccccc23)no1. The van der Waals surface area contributed by atoms with Gasteiger partial charge in [0.1, 0.15) is 5.76 Å². The molecule has 6 heteroatoms. The van der Waals surface area contributed by atoms with Crippen LogP contribution in [0.1, 0.15) is 16.1 Å². The van der Waals surface area contributed by atoms with Crippen molar-refractivity contribution in [1.29, 1.82) is 0 Å². The number of fused-ring (bicyclic) bond motifs is 1. The van der Waals surface area contributed by atoms with Crippen LogP contribution >= 0.6 is 0 Å². The minimum atomic E-state index is -0.334. The maximum Gasteiger partial charge on any atom is 0.254 e. The summed E-state index contributed by atoms with van der Waals surface area (Å²) < 4.78 is 4.89. The van der Waals surface area contributed by atoms with E-state index >= 15 is 0 Å². The number of hydrogen-bond donors (Lipinski definition) is 1. The number of amides is 2. The largest absolute Gasteiger partial charge is 0.360 e. The molecular weight excluding hydrogens is 306 g/mol. The van der Waals surface area contributed by atoms with Crippen LogP contribution in [0.3, 0.4) is 0 Å². The Morgan fingerprint density at radius 1 is 1.17 bits per heavy atom. The van der Waals surface area contributed by atoms with Gasteiger partial charge in [-0.3, -0.25) is 9.59 Å². The van der Waals surface area contributed by atoms with Crippen LogP contribution in [0.5, 0.6) is 0 Å². The van der Waals surface area contributed by atoms with E-state index in [0.29, 0.717) is 17.1 Å². The van der Waals surface area contributed by atoms with Crippen molar-refractivity contribution in [3.05, 3.63) is 59.9 Å². The van der Waals surface area contributed by atoms with Crippen molar-refractivity contribution in [3.63, 3.8) is 0 Å². The Morgan fingerprint density at radius 2 is 1.92 bits per heavy atom. The first-order chi connectivity index (χ1) is 11.5. The Labute approximate surface area is 139 Å². The minimum Gasteiger partial charge on any atom is -0.360 e. The Hall–Kier alpha value is -3.15. The number of hydrogen-bond acceptors (Lipinski definition) is 4. The lowest BCUT2D eigenvalue weighted by atomic mass is 10.0. The normalized spacial score (nSPS) is 10.6. The van der Waals surface area contributed by atoms with Crippen molar-refractivity contribution >= 4 is 28.4 Å². The molecule has 0 aliphatic heterocycles. The van der Waals surface area contributed by atoms with Crippen molar-refractivity contribution in [3.8, 4) is 0 Å². The van der Waals surface area contributed by atoms with Crippen LogP contribution in [0, 0.1) is 6.92 Å². The van der Waals surface area contributed by atoms with Crippen LogP contribution in [0.4, 0.5) is 5.82 Å². The lowest BCUT2D eigenvalue weighted by molar-refractivity contribution is -0.116. The van der Waals surface area contributed by atoms with Crippen molar-refractivity contribution in [2.24, 2.45) is 0 Å². The van der Waals surface area contributed by atoms with Gasteiger partial charge < -0.3 is 14.7 Å². The van der Waals surface area contributed by atoms with Gasteiger partial charge in [-0.15, -0.1) is 0 Å². The number of aromatic nitrogens is 1. The summed E-state index contributed by atoms with van der Waals surface area (Å²) in [7, 11) is 1.59. The molecule has 0 atom stereocenters. The number of anilines is 1. The average molecular weight is 323 g/mol. The van der Waals surface area contributed by atoms with E-state index in [2.05, 4.69) is 10.5 Å². The van der Waals surface area contributed by atoms with Gasteiger partial charge in [-0.25, -0.2) is 0 Å². The van der Waals surface area contributed by atoms with Crippen LogP contribution in [0.15, 0.2) is 53.1 Å². The predicted octanol–water partition coefficient (Wildman–Crippen LogP) is 2.85. The molecule has 1 heterocycles. The van der Waals surface area contributed by atoms with Crippen molar-refractivity contribution in [1.82, 2.24) is 10.1 Å². The molecular formula is C18H17N3O3. The van der Waals surface area contributed by atoms with E-state index < -0.39 is 0 Å². The molecule has 0 fully saturated rings. The topological polar surface area (TPSA) is 75.4 Å². The maximum atomic E-state index is 12.7. The zero-order valence-corrected chi connectivity index (χ0v) is 13.4. The van der Waals surface area contributed by atoms with E-state index in [0.717, 1.165) is 10.8 Å². The van der Waals surface area contributed by atoms with Crippen LogP contribution in [0.25, 0.3) is 10.8 Å². The number of nitrogens with one attached hydrogen (secondary N) is 1. The first-order valence-corrected chi connectivity index (χ1v) is 7.51. The smallest absolute Gasteiger partial charge is 0.254 e. The molecule has 0 saturated heterocycles. The van der Waals surface area contributed by atoms with E-state index in [1.165, 1.54) is 4.90 Å². The number of benzene rings is 2. The fraction of sp³-hybridized carbons (Fsp3) is 0.167. The molecule has 0 radical (unpaired) electrons. The summed E-state index contributed by atoms with van der Waals surface area (Å²) in [5.41, 5.74) is 0.570. The van der Waals surface area contributed by atoms with E-state index in [4.69, 9.17) is 4.52 Å². The predicted molar refractivity (Wildman–Crippen MR) is 90.8 cm³/mol. The van der Waals surface area contributed by atoms with Gasteiger partial charge in [0.2, 0.25) is 5.91 Å². The molecule has 0 bridgehead atoms. The number of rotatable bonds is 4. The van der Waals surface area contributed by atoms with E-state index in [9.17, 15) is 9.59 Å². The van der Waals surface area contributed by atoms with Crippen LogP contribution < -0.4 is 5.32 Å². The molecule has 2 aromatic carbocycles. The third-order valence-electron chi connectivity index (χ3n) is 3.64. The van der Waals surface area contributed by atoms with Gasteiger partial charge in [-0.1, -0.05) is 41.6 Å². The lowest BCUT2D eigenvalue weighted by Crippen LogP contribution is -2.35. The third-order valence-corrected chi connectivity index (χ3v) is 3.64. The maximum absolute atomic E-state index is 12.7. The Morgan fingerprint density at radius 3 is 2.67 bits per heavy atom. The highest BCUT2D eigenvalue weighted by Crippen LogP contribution is 2.19. The van der Waals surface area contributed by atoms with Gasteiger partial charge in [0, 0.05) is 18.7 Å². The third kappa shape index (κ3) is 3.27. The molecule has 3 aromatic rings. The van der Waals surface area contributed by atoms with Gasteiger partial charge in [-0.2, -0.15) is 0 Å². The summed E-state index contributed by atoms with van der Waals surface area (Å²) in [4.78, 5) is 26.1. The van der Waals surface area contributed by atoms with E-state index in [-0.39, 0.29) is 18.4 Å². The zero-order chi connectivity index (χ0) is 17.1. The Kier molecular flexibility index (Phi) is 4.29. The van der Waals surface area contributed by atoms with Crippen LogP contribution in [0.2, 0.25) is 0 Å². The summed E-state index contributed by atoms with van der Waals surface area (Å²) in [5.74, 6) is 0.395. The Bertz CT molecular complexity index is 896. The second kappa shape index (κ2) is 6.54. The van der Waals surface area contributed by atoms with E-state index in [1.54, 1.807) is 26.1 Å². The van der Waals surface area contributed by atoms with Gasteiger partial charge in [0.25, 0.3) is 5.91 Å². The summed E-state index contributed by atoms with van der Waals surface area (Å²) >= 11 is 0. The molecule has 0 saturated carbocycles. The number of aryl methyl sites for hydroxylation is 1. The molecule has 0 aliphatic carbocycles. The molecule has 24 heavy (non-hydrogen) atoms. The molecule has 1 aromatic heterocycles. The number of nitrogens with zero attached hydrogens (tertiary/aromatic N) is 2. The highest BCUT2D eigenvalue weighted by molar-refractivity contribution is 6.08. The second-order valence-electron chi connectivity index (χ2n) is 5.56. The highest BCUT2D eigenvalue weighted by atomic mass is 16.5. The standard InChI is InChI=1S/C18H17N3O3/c1-12-10-16(20-24-12)19-17(22)11-21(2)18(23)15-9-5-7-13-6-3-4-8-14(13)15/h3-10H,11H2,1-2H3,(H,19,20,22). The van der Waals surface area contributed by atoms with Gasteiger partial charge in [0.15, 0.2) is 5.82 Å². The fourth-order valence-corrected chi connectivity index (χ4v) is 2.51. The Balaban J connectivity index is 1.73. The summed E-state index contributed by atoms with van der Waals surface area (Å²) in [6.07, 6.45) is 0. The quantitative estimate of drug-likeness (QED) is 0.801. The lowest BCUT2D eigenvalue weighted by Gasteiger charge is -2.17. The summed E-state index contributed by atoms with van der Waals surface area (Å²) in [5, 5.41) is 8.15.